The molecule has 40 heavy (non-hydrogen) atoms. The van der Waals surface area contributed by atoms with Crippen LogP contribution in [-0.2, 0) is 14.3 Å². The summed E-state index contributed by atoms with van der Waals surface area (Å²) < 4.78 is 11.5. The van der Waals surface area contributed by atoms with Gasteiger partial charge in [0, 0.05) is 59.8 Å². The number of allylic oxidation sites excluding steroid dienone is 3. The first-order valence-corrected chi connectivity index (χ1v) is 14.3. The molecular weight excluding hydrogens is 504 g/mol. The second-order valence-corrected chi connectivity index (χ2v) is 12.2. The number of ketones is 1. The Hall–Kier alpha value is -3.58. The molecule has 210 valence electrons. The van der Waals surface area contributed by atoms with Gasteiger partial charge in [-0.2, -0.15) is 0 Å². The molecule has 3 fully saturated rings. The third kappa shape index (κ3) is 4.60. The van der Waals surface area contributed by atoms with Gasteiger partial charge in [-0.1, -0.05) is 30.3 Å². The van der Waals surface area contributed by atoms with Crippen LogP contribution < -0.4 is 10.1 Å². The normalized spacial score (nSPS) is 30.1. The summed E-state index contributed by atoms with van der Waals surface area (Å²) in [5.74, 6) is 1.07. The number of piperidine rings is 1. The third-order valence-corrected chi connectivity index (χ3v) is 9.44. The van der Waals surface area contributed by atoms with Gasteiger partial charge in [-0.15, -0.1) is 0 Å². The smallest absolute Gasteiger partial charge is 0.336 e. The molecule has 2 aromatic rings. The average Bonchev–Trinajstić information content (AvgIpc) is 3.04. The quantitative estimate of drug-likeness (QED) is 0.508. The van der Waals surface area contributed by atoms with Crippen LogP contribution in [0.25, 0.3) is 0 Å². The van der Waals surface area contributed by atoms with Crippen molar-refractivity contribution in [3.63, 3.8) is 0 Å². The number of Topliss-reactive ketones (excluding diaryl/α,β-unsaturated/α-hetero) is 1. The number of hydrogen-bond acceptors (Lipinski definition) is 7. The standard InChI is InChI=1S/C26H30N2O4.C7H8O/c1-14-18(25(30)32-24-10-16-12-26(2)13-21(24)28(16)26)11-19-20(27-14)8-15(9-22(19)29)17-6-4-5-7-23(17)31-3;1-6-3-2-4-7(8)5-6/h4-7,15-16,21,24,27H,8-13H2,1-3H3;2-5,8H,1H3/t15-,16-,21-,24+,26?;/m1./s1. The Bertz CT molecular complexity index is 1410. The summed E-state index contributed by atoms with van der Waals surface area (Å²) in [7, 11) is 1.66. The predicted molar refractivity (Wildman–Crippen MR) is 152 cm³/mol. The van der Waals surface area contributed by atoms with E-state index in [1.54, 1.807) is 19.2 Å². The van der Waals surface area contributed by atoms with Crippen molar-refractivity contribution >= 4 is 11.8 Å². The van der Waals surface area contributed by atoms with Crippen LogP contribution in [0.3, 0.4) is 0 Å². The molecule has 0 spiro atoms. The number of esters is 1. The van der Waals surface area contributed by atoms with Crippen LogP contribution in [0.5, 0.6) is 11.5 Å². The number of benzene rings is 2. The molecule has 3 saturated heterocycles. The zero-order valence-corrected chi connectivity index (χ0v) is 23.7. The molecule has 0 saturated carbocycles. The molecule has 0 aromatic heterocycles. The van der Waals surface area contributed by atoms with E-state index in [1.165, 1.54) is 6.42 Å². The number of carbonyl (C=O) groups is 2. The second kappa shape index (κ2) is 10.1. The number of phenolic OH excluding ortho intramolecular Hbond substituents is 1. The van der Waals surface area contributed by atoms with Gasteiger partial charge in [-0.25, -0.2) is 4.79 Å². The Morgan fingerprint density at radius 2 is 1.90 bits per heavy atom. The zero-order chi connectivity index (χ0) is 28.2. The van der Waals surface area contributed by atoms with E-state index in [1.807, 2.05) is 50.2 Å². The maximum Gasteiger partial charge on any atom is 0.336 e. The molecule has 2 N–H and O–H groups in total. The number of dihydropyridines is 1. The van der Waals surface area contributed by atoms with Crippen molar-refractivity contribution in [2.24, 2.45) is 0 Å². The number of methoxy groups -OCH3 is 1. The summed E-state index contributed by atoms with van der Waals surface area (Å²) in [5.41, 5.74) is 5.58. The van der Waals surface area contributed by atoms with Gasteiger partial charge in [0.05, 0.1) is 12.7 Å². The first-order chi connectivity index (χ1) is 19.2. The number of aromatic hydroxyl groups is 1. The van der Waals surface area contributed by atoms with Crippen LogP contribution in [0.4, 0.5) is 0 Å². The Morgan fingerprint density at radius 3 is 2.58 bits per heavy atom. The fraction of sp³-hybridized carbons (Fsp3) is 0.455. The Labute approximate surface area is 235 Å². The van der Waals surface area contributed by atoms with E-state index >= 15 is 0 Å². The number of nitrogens with one attached hydrogen (secondary N) is 1. The number of rotatable bonds is 4. The van der Waals surface area contributed by atoms with Crippen molar-refractivity contribution in [2.75, 3.05) is 7.11 Å². The highest BCUT2D eigenvalue weighted by molar-refractivity contribution is 6.01. The van der Waals surface area contributed by atoms with Crippen LogP contribution in [0.1, 0.15) is 69.4 Å². The molecule has 0 bridgehead atoms. The molecule has 7 rings (SSSR count). The van der Waals surface area contributed by atoms with Crippen molar-refractivity contribution in [3.8, 4) is 11.5 Å². The molecule has 1 unspecified atom stereocenters. The van der Waals surface area contributed by atoms with E-state index in [0.717, 1.165) is 53.1 Å². The molecule has 7 nitrogen and oxygen atoms in total. The van der Waals surface area contributed by atoms with E-state index in [0.29, 0.717) is 41.8 Å². The number of hydrogen-bond donors (Lipinski definition) is 2. The molecule has 0 radical (unpaired) electrons. The number of nitrogens with zero attached hydrogens (tertiary/aromatic N) is 1. The van der Waals surface area contributed by atoms with Gasteiger partial charge in [0.25, 0.3) is 0 Å². The maximum atomic E-state index is 13.1. The van der Waals surface area contributed by atoms with Crippen molar-refractivity contribution in [3.05, 3.63) is 82.2 Å². The lowest BCUT2D eigenvalue weighted by Crippen LogP contribution is -2.74. The number of ether oxygens (including phenoxy) is 2. The highest BCUT2D eigenvalue weighted by atomic mass is 16.5. The fourth-order valence-electron chi connectivity index (χ4n) is 7.58. The van der Waals surface area contributed by atoms with Gasteiger partial charge >= 0.3 is 5.97 Å². The second-order valence-electron chi connectivity index (χ2n) is 12.2. The van der Waals surface area contributed by atoms with Crippen molar-refractivity contribution in [1.29, 1.82) is 0 Å². The van der Waals surface area contributed by atoms with Gasteiger partial charge in [-0.05, 0) is 69.4 Å². The third-order valence-electron chi connectivity index (χ3n) is 9.44. The van der Waals surface area contributed by atoms with Gasteiger partial charge < -0.3 is 19.9 Å². The molecule has 1 aliphatic carbocycles. The van der Waals surface area contributed by atoms with Crippen LogP contribution in [0.2, 0.25) is 0 Å². The van der Waals surface area contributed by atoms with E-state index in [2.05, 4.69) is 17.1 Å². The summed E-state index contributed by atoms with van der Waals surface area (Å²) >= 11 is 0. The number of para-hydroxylation sites is 1. The molecule has 0 amide bonds. The van der Waals surface area contributed by atoms with E-state index in [4.69, 9.17) is 14.6 Å². The predicted octanol–water partition coefficient (Wildman–Crippen LogP) is 5.28. The largest absolute Gasteiger partial charge is 0.508 e. The lowest BCUT2D eigenvalue weighted by molar-refractivity contribution is -0.174. The average molecular weight is 543 g/mol. The minimum atomic E-state index is -0.262. The maximum absolute atomic E-state index is 13.1. The van der Waals surface area contributed by atoms with Gasteiger partial charge in [0.1, 0.15) is 17.6 Å². The molecule has 4 heterocycles. The highest BCUT2D eigenvalue weighted by Crippen LogP contribution is 2.58. The highest BCUT2D eigenvalue weighted by Gasteiger charge is 2.67. The minimum Gasteiger partial charge on any atom is -0.508 e. The lowest BCUT2D eigenvalue weighted by atomic mass is 9.69. The first-order valence-electron chi connectivity index (χ1n) is 14.3. The molecular formula is C33H38N2O5. The van der Waals surface area contributed by atoms with Gasteiger partial charge in [0.15, 0.2) is 5.78 Å². The number of phenols is 1. The fourth-order valence-corrected chi connectivity index (χ4v) is 7.58. The van der Waals surface area contributed by atoms with Crippen molar-refractivity contribution < 1.29 is 24.2 Å². The monoisotopic (exact) mass is 542 g/mol. The Balaban J connectivity index is 0.000000313. The first kappa shape index (κ1) is 26.6. The summed E-state index contributed by atoms with van der Waals surface area (Å²) in [5, 5.41) is 12.2. The van der Waals surface area contributed by atoms with Gasteiger partial charge in [-0.3, -0.25) is 9.69 Å². The molecule has 7 heteroatoms. The zero-order valence-electron chi connectivity index (χ0n) is 23.7. The van der Waals surface area contributed by atoms with Crippen LogP contribution in [-0.4, -0.2) is 52.6 Å². The van der Waals surface area contributed by atoms with Crippen LogP contribution in [0, 0.1) is 6.92 Å². The molecule has 2 aromatic carbocycles. The molecule has 4 aliphatic heterocycles. The minimum absolute atomic E-state index is 0.0178. The number of aryl methyl sites for hydroxylation is 1. The topological polar surface area (TPSA) is 88.1 Å². The summed E-state index contributed by atoms with van der Waals surface area (Å²) in [6, 6.07) is 16.0. The van der Waals surface area contributed by atoms with E-state index in [-0.39, 0.29) is 23.8 Å². The SMILES string of the molecule is COc1ccccc1[C@H]1CC(=O)C2=C(C1)NC(C)=C(C(=O)O[C@H]1C[C@@H]3CC4(C)C[C@H]1N34)C2.Cc1cccc(O)c1. The van der Waals surface area contributed by atoms with E-state index in [9.17, 15) is 9.59 Å². The Kier molecular flexibility index (Phi) is 6.73. The summed E-state index contributed by atoms with van der Waals surface area (Å²) in [6.45, 7) is 6.17. The molecule has 5 aliphatic rings. The van der Waals surface area contributed by atoms with Crippen molar-refractivity contribution in [1.82, 2.24) is 10.2 Å². The molecule has 5 atom stereocenters. The Morgan fingerprint density at radius 1 is 1.10 bits per heavy atom. The van der Waals surface area contributed by atoms with Gasteiger partial charge in [0.2, 0.25) is 0 Å². The van der Waals surface area contributed by atoms with E-state index < -0.39 is 0 Å². The van der Waals surface area contributed by atoms with Crippen LogP contribution >= 0.6 is 0 Å². The van der Waals surface area contributed by atoms with Crippen molar-refractivity contribution in [2.45, 2.75) is 88.9 Å². The van der Waals surface area contributed by atoms with Crippen LogP contribution in [0.15, 0.2) is 71.1 Å². The summed E-state index contributed by atoms with van der Waals surface area (Å²) in [4.78, 5) is 28.7. The lowest BCUT2D eigenvalue weighted by Gasteiger charge is -2.65. The summed E-state index contributed by atoms with van der Waals surface area (Å²) in [6.07, 6.45) is 4.81. The number of carbonyl (C=O) groups excluding carboxylic acids is 2.